The van der Waals surface area contributed by atoms with E-state index in [4.69, 9.17) is 10.5 Å². The van der Waals surface area contributed by atoms with E-state index in [1.165, 1.54) is 18.4 Å². The van der Waals surface area contributed by atoms with Gasteiger partial charge in [-0.3, -0.25) is 9.47 Å². The van der Waals surface area contributed by atoms with Gasteiger partial charge in [-0.1, -0.05) is 37.6 Å². The first kappa shape index (κ1) is 21.0. The van der Waals surface area contributed by atoms with Crippen LogP contribution in [0.3, 0.4) is 0 Å². The van der Waals surface area contributed by atoms with Gasteiger partial charge in [0.25, 0.3) is 0 Å². The zero-order chi connectivity index (χ0) is 22.1. The SMILES string of the molecule is CCCCOc1nc(N)c2[nH]c(=O)n(Cc3ccc(CN4C[C@H]5CC[C@H]4CN5)cc3)c2n1. The summed E-state index contributed by atoms with van der Waals surface area (Å²) in [7, 11) is 0. The van der Waals surface area contributed by atoms with Crippen molar-refractivity contribution in [1.29, 1.82) is 0 Å². The van der Waals surface area contributed by atoms with Gasteiger partial charge in [0.15, 0.2) is 11.5 Å². The van der Waals surface area contributed by atoms with Gasteiger partial charge >= 0.3 is 11.7 Å². The number of aromatic amines is 1. The minimum absolute atomic E-state index is 0.205. The number of hydrogen-bond donors (Lipinski definition) is 3. The van der Waals surface area contributed by atoms with E-state index in [2.05, 4.69) is 56.4 Å². The Labute approximate surface area is 187 Å². The molecule has 3 aliphatic rings. The highest BCUT2D eigenvalue weighted by Gasteiger charge is 2.32. The molecule has 170 valence electrons. The molecule has 3 aliphatic heterocycles. The average molecular weight is 438 g/mol. The van der Waals surface area contributed by atoms with Crippen molar-refractivity contribution in [1.82, 2.24) is 29.7 Å². The van der Waals surface area contributed by atoms with Crippen LogP contribution in [0.25, 0.3) is 11.2 Å². The molecule has 1 aromatic carbocycles. The smallest absolute Gasteiger partial charge is 0.328 e. The Hall–Kier alpha value is -2.91. The average Bonchev–Trinajstić information content (AvgIpc) is 3.12. The lowest BCUT2D eigenvalue weighted by Gasteiger charge is -2.46. The predicted molar refractivity (Wildman–Crippen MR) is 124 cm³/mol. The van der Waals surface area contributed by atoms with E-state index in [0.717, 1.165) is 38.0 Å². The van der Waals surface area contributed by atoms with Gasteiger partial charge in [-0.25, -0.2) is 4.79 Å². The third kappa shape index (κ3) is 4.22. The Morgan fingerprint density at radius 3 is 2.59 bits per heavy atom. The third-order valence-electron chi connectivity index (χ3n) is 6.57. The number of aromatic nitrogens is 4. The fourth-order valence-electron chi connectivity index (χ4n) is 4.71. The first-order valence-corrected chi connectivity index (χ1v) is 11.5. The van der Waals surface area contributed by atoms with Gasteiger partial charge in [-0.15, -0.1) is 0 Å². The molecule has 2 bridgehead atoms. The van der Waals surface area contributed by atoms with Crippen molar-refractivity contribution in [3.8, 4) is 6.01 Å². The molecule has 9 heteroatoms. The summed E-state index contributed by atoms with van der Waals surface area (Å²) in [5.41, 5.74) is 9.03. The van der Waals surface area contributed by atoms with Crippen LogP contribution < -0.4 is 21.5 Å². The number of benzene rings is 1. The third-order valence-corrected chi connectivity index (χ3v) is 6.57. The molecule has 3 fully saturated rings. The summed E-state index contributed by atoms with van der Waals surface area (Å²) in [6, 6.07) is 9.98. The number of nitrogens with zero attached hydrogens (tertiary/aromatic N) is 4. The summed E-state index contributed by atoms with van der Waals surface area (Å²) in [5.74, 6) is 0.220. The number of piperidine rings is 2. The number of ether oxygens (including phenoxy) is 1. The summed E-state index contributed by atoms with van der Waals surface area (Å²) in [4.78, 5) is 26.6. The molecule has 3 saturated heterocycles. The number of nitrogens with one attached hydrogen (secondary N) is 2. The zero-order valence-corrected chi connectivity index (χ0v) is 18.5. The lowest BCUT2D eigenvalue weighted by molar-refractivity contribution is 0.0685. The van der Waals surface area contributed by atoms with Gasteiger partial charge in [0, 0.05) is 31.7 Å². The van der Waals surface area contributed by atoms with Crippen molar-refractivity contribution >= 4 is 17.0 Å². The van der Waals surface area contributed by atoms with Gasteiger partial charge in [0.05, 0.1) is 13.2 Å². The number of anilines is 1. The molecule has 3 aromatic rings. The molecule has 2 aromatic heterocycles. The number of fused-ring (bicyclic) bond motifs is 4. The van der Waals surface area contributed by atoms with Crippen LogP contribution in [0, 0.1) is 0 Å². The number of H-pyrrole nitrogens is 1. The van der Waals surface area contributed by atoms with Crippen molar-refractivity contribution in [3.05, 3.63) is 45.9 Å². The second kappa shape index (κ2) is 8.91. The monoisotopic (exact) mass is 437 g/mol. The largest absolute Gasteiger partial charge is 0.463 e. The number of piperazine rings is 1. The van der Waals surface area contributed by atoms with Crippen LogP contribution in [0.5, 0.6) is 6.01 Å². The fraction of sp³-hybridized carbons (Fsp3) is 0.522. The Morgan fingerprint density at radius 1 is 1.16 bits per heavy atom. The lowest BCUT2D eigenvalue weighted by atomic mass is 9.92. The van der Waals surface area contributed by atoms with Gasteiger partial charge < -0.3 is 20.8 Å². The molecule has 0 aliphatic carbocycles. The molecular formula is C23H31N7O2. The van der Waals surface area contributed by atoms with Crippen LogP contribution >= 0.6 is 0 Å². The number of imidazole rings is 1. The predicted octanol–water partition coefficient (Wildman–Crippen LogP) is 1.87. The Kier molecular flexibility index (Phi) is 5.84. The van der Waals surface area contributed by atoms with Crippen LogP contribution in [0.4, 0.5) is 5.82 Å². The van der Waals surface area contributed by atoms with Crippen LogP contribution in [-0.4, -0.2) is 56.2 Å². The quantitative estimate of drug-likeness (QED) is 0.461. The first-order chi connectivity index (χ1) is 15.6. The number of hydrogen-bond acceptors (Lipinski definition) is 7. The summed E-state index contributed by atoms with van der Waals surface area (Å²) in [6.07, 6.45) is 4.49. The van der Waals surface area contributed by atoms with Crippen LogP contribution in [0.2, 0.25) is 0 Å². The summed E-state index contributed by atoms with van der Waals surface area (Å²) < 4.78 is 7.21. The molecule has 6 rings (SSSR count). The van der Waals surface area contributed by atoms with Gasteiger partial charge in [0.1, 0.15) is 5.52 Å². The first-order valence-electron chi connectivity index (χ1n) is 11.5. The van der Waals surface area contributed by atoms with Crippen LogP contribution in [0.1, 0.15) is 43.7 Å². The van der Waals surface area contributed by atoms with E-state index < -0.39 is 0 Å². The molecule has 0 unspecified atom stereocenters. The second-order valence-electron chi connectivity index (χ2n) is 8.89. The van der Waals surface area contributed by atoms with E-state index in [1.807, 2.05) is 0 Å². The van der Waals surface area contributed by atoms with E-state index in [0.29, 0.717) is 36.4 Å². The van der Waals surface area contributed by atoms with Crippen molar-refractivity contribution in [2.75, 3.05) is 25.4 Å². The molecule has 0 radical (unpaired) electrons. The normalized spacial score (nSPS) is 20.8. The highest BCUT2D eigenvalue weighted by Crippen LogP contribution is 2.24. The Morgan fingerprint density at radius 2 is 1.94 bits per heavy atom. The van der Waals surface area contributed by atoms with Gasteiger partial charge in [-0.2, -0.15) is 9.97 Å². The highest BCUT2D eigenvalue weighted by molar-refractivity contribution is 5.81. The lowest BCUT2D eigenvalue weighted by Crippen LogP contribution is -2.60. The number of nitrogens with two attached hydrogens (primary N) is 1. The molecule has 0 amide bonds. The topological polar surface area (TPSA) is 114 Å². The molecule has 9 nitrogen and oxygen atoms in total. The van der Waals surface area contributed by atoms with Crippen molar-refractivity contribution in [3.63, 3.8) is 0 Å². The molecule has 0 spiro atoms. The van der Waals surface area contributed by atoms with Crippen molar-refractivity contribution in [2.45, 2.75) is 57.8 Å². The standard InChI is InChI=1S/C23H31N7O2/c1-2-3-10-32-22-27-20(24)19-21(28-22)30(23(31)26-19)13-16-6-4-15(5-7-16)12-29-14-17-8-9-18(29)11-25-17/h4-7,17-18,25H,2-3,8-14H2,1H3,(H,26,31)(H2,24,27,28)/t17-,18+/m1/s1. The molecule has 2 atom stereocenters. The minimum Gasteiger partial charge on any atom is -0.463 e. The maximum atomic E-state index is 12.6. The van der Waals surface area contributed by atoms with E-state index in [1.54, 1.807) is 4.57 Å². The number of rotatable bonds is 8. The molecular weight excluding hydrogens is 406 g/mol. The van der Waals surface area contributed by atoms with Crippen molar-refractivity contribution < 1.29 is 4.74 Å². The van der Waals surface area contributed by atoms with E-state index in [-0.39, 0.29) is 17.5 Å². The van der Waals surface area contributed by atoms with Gasteiger partial charge in [-0.05, 0) is 30.4 Å². The molecule has 32 heavy (non-hydrogen) atoms. The summed E-state index contributed by atoms with van der Waals surface area (Å²) in [5, 5.41) is 3.60. The fourth-order valence-corrected chi connectivity index (χ4v) is 4.71. The molecule has 5 heterocycles. The summed E-state index contributed by atoms with van der Waals surface area (Å²) >= 11 is 0. The molecule has 0 saturated carbocycles. The Balaban J connectivity index is 1.32. The number of nitrogen functional groups attached to an aromatic ring is 1. The maximum absolute atomic E-state index is 12.6. The highest BCUT2D eigenvalue weighted by atomic mass is 16.5. The van der Waals surface area contributed by atoms with Crippen LogP contribution in [-0.2, 0) is 13.1 Å². The minimum atomic E-state index is -0.257. The van der Waals surface area contributed by atoms with Gasteiger partial charge in [0.2, 0.25) is 0 Å². The number of unbranched alkanes of at least 4 members (excludes halogenated alkanes) is 1. The van der Waals surface area contributed by atoms with E-state index in [9.17, 15) is 4.79 Å². The summed E-state index contributed by atoms with van der Waals surface area (Å²) in [6.45, 7) is 6.21. The van der Waals surface area contributed by atoms with Crippen molar-refractivity contribution in [2.24, 2.45) is 0 Å². The van der Waals surface area contributed by atoms with E-state index >= 15 is 0 Å². The second-order valence-corrected chi connectivity index (χ2v) is 8.89. The Bertz CT molecular complexity index is 1130. The molecule has 4 N–H and O–H groups in total. The van der Waals surface area contributed by atoms with Crippen LogP contribution in [0.15, 0.2) is 29.1 Å². The maximum Gasteiger partial charge on any atom is 0.328 e. The zero-order valence-electron chi connectivity index (χ0n) is 18.5.